The van der Waals surface area contributed by atoms with E-state index in [0.717, 1.165) is 47.3 Å². The lowest BCUT2D eigenvalue weighted by atomic mass is 10.0. The van der Waals surface area contributed by atoms with Gasteiger partial charge >= 0.3 is 0 Å². The Morgan fingerprint density at radius 3 is 2.57 bits per heavy atom. The van der Waals surface area contributed by atoms with Crippen molar-refractivity contribution >= 4 is 51.3 Å². The number of anilines is 1. The van der Waals surface area contributed by atoms with Crippen LogP contribution in [0.1, 0.15) is 38.1 Å². The molecule has 3 aromatic rings. The zero-order chi connectivity index (χ0) is 20.5. The van der Waals surface area contributed by atoms with Crippen molar-refractivity contribution in [2.45, 2.75) is 19.9 Å². The zero-order valence-electron chi connectivity index (χ0n) is 16.9. The van der Waals surface area contributed by atoms with E-state index in [1.54, 1.807) is 13.2 Å². The average molecular weight is 446 g/mol. The molecule has 30 heavy (non-hydrogen) atoms. The molecule has 8 heteroatoms. The maximum absolute atomic E-state index is 13.1. The number of hydrogen-bond donors (Lipinski definition) is 2. The summed E-state index contributed by atoms with van der Waals surface area (Å²) in [6.45, 7) is 4.71. The number of halogens is 1. The number of nitrogens with one attached hydrogen (secondary N) is 1. The van der Waals surface area contributed by atoms with Gasteiger partial charge in [0.25, 0.3) is 11.8 Å². The molecule has 1 aliphatic heterocycles. The Balaban J connectivity index is 0.00000256. The molecule has 4 rings (SSSR count). The zero-order valence-corrected chi connectivity index (χ0v) is 18.5. The molecule has 0 aliphatic carbocycles. The highest BCUT2D eigenvalue weighted by atomic mass is 35.5. The first-order valence-electron chi connectivity index (χ1n) is 9.56. The summed E-state index contributed by atoms with van der Waals surface area (Å²) in [4.78, 5) is 28.7. The number of likely N-dealkylation sites (N-methyl/N-ethyl adjacent to an activating group) is 1. The number of ether oxygens (including phenoxy) is 1. The Labute approximate surface area is 185 Å². The van der Waals surface area contributed by atoms with Crippen LogP contribution in [-0.2, 0) is 13.0 Å². The number of benzene rings is 2. The van der Waals surface area contributed by atoms with Gasteiger partial charge in [-0.1, -0.05) is 31.2 Å². The van der Waals surface area contributed by atoms with E-state index in [4.69, 9.17) is 10.5 Å². The summed E-state index contributed by atoms with van der Waals surface area (Å²) in [5, 5.41) is 5.37. The second kappa shape index (κ2) is 9.04. The molecule has 1 aliphatic rings. The van der Waals surface area contributed by atoms with E-state index >= 15 is 0 Å². The average Bonchev–Trinajstić information content (AvgIpc) is 3.09. The number of carbonyl (C=O) groups is 2. The Hall–Kier alpha value is -2.61. The van der Waals surface area contributed by atoms with Crippen LogP contribution in [0.15, 0.2) is 36.4 Å². The van der Waals surface area contributed by atoms with Crippen molar-refractivity contribution in [3.63, 3.8) is 0 Å². The normalized spacial score (nSPS) is 13.4. The van der Waals surface area contributed by atoms with Gasteiger partial charge in [0.05, 0.1) is 18.2 Å². The van der Waals surface area contributed by atoms with Crippen LogP contribution in [0.3, 0.4) is 0 Å². The highest BCUT2D eigenvalue weighted by Crippen LogP contribution is 2.37. The molecule has 0 fully saturated rings. The summed E-state index contributed by atoms with van der Waals surface area (Å²) in [5.41, 5.74) is 7.50. The Morgan fingerprint density at radius 2 is 1.93 bits per heavy atom. The topological polar surface area (TPSA) is 84.7 Å². The van der Waals surface area contributed by atoms with Crippen molar-refractivity contribution in [3.05, 3.63) is 58.0 Å². The Kier molecular flexibility index (Phi) is 6.65. The van der Waals surface area contributed by atoms with Gasteiger partial charge in [0.15, 0.2) is 0 Å². The largest absolute Gasteiger partial charge is 0.496 e. The summed E-state index contributed by atoms with van der Waals surface area (Å²) in [6, 6.07) is 11.4. The number of carbonyl (C=O) groups excluding carboxylic acids is 2. The third-order valence-electron chi connectivity index (χ3n) is 5.37. The monoisotopic (exact) mass is 445 g/mol. The van der Waals surface area contributed by atoms with Crippen LogP contribution in [0.2, 0.25) is 0 Å². The first kappa shape index (κ1) is 22.1. The molecular formula is C22H24ClN3O3S. The maximum atomic E-state index is 13.1. The number of rotatable bonds is 5. The van der Waals surface area contributed by atoms with E-state index in [1.165, 1.54) is 11.3 Å². The fourth-order valence-corrected chi connectivity index (χ4v) is 5.10. The van der Waals surface area contributed by atoms with Gasteiger partial charge in [-0.3, -0.25) is 14.5 Å². The summed E-state index contributed by atoms with van der Waals surface area (Å²) in [6.07, 6.45) is 0.757. The number of nitrogens with zero attached hydrogens (tertiary/aromatic N) is 1. The number of primary amides is 1. The van der Waals surface area contributed by atoms with Gasteiger partial charge in [0.1, 0.15) is 10.8 Å². The predicted molar refractivity (Wildman–Crippen MR) is 123 cm³/mol. The fourth-order valence-electron chi connectivity index (χ4n) is 3.81. The molecule has 0 spiro atoms. The highest BCUT2D eigenvalue weighted by molar-refractivity contribution is 7.17. The number of methoxy groups -OCH3 is 1. The van der Waals surface area contributed by atoms with Gasteiger partial charge in [0.2, 0.25) is 0 Å². The molecule has 3 N–H and O–H groups in total. The van der Waals surface area contributed by atoms with Crippen LogP contribution in [0.5, 0.6) is 5.75 Å². The van der Waals surface area contributed by atoms with Crippen LogP contribution >= 0.6 is 23.7 Å². The molecule has 158 valence electrons. The molecule has 2 heterocycles. The molecule has 2 amide bonds. The first-order chi connectivity index (χ1) is 14.0. The highest BCUT2D eigenvalue weighted by Gasteiger charge is 2.28. The number of thiophene rings is 1. The van der Waals surface area contributed by atoms with Crippen molar-refractivity contribution in [2.24, 2.45) is 5.73 Å². The van der Waals surface area contributed by atoms with Crippen molar-refractivity contribution < 1.29 is 14.3 Å². The van der Waals surface area contributed by atoms with Gasteiger partial charge in [-0.15, -0.1) is 23.7 Å². The molecule has 0 bridgehead atoms. The van der Waals surface area contributed by atoms with Crippen molar-refractivity contribution in [1.82, 2.24) is 4.90 Å². The molecule has 0 saturated carbocycles. The molecule has 0 atom stereocenters. The van der Waals surface area contributed by atoms with Gasteiger partial charge < -0.3 is 15.8 Å². The lowest BCUT2D eigenvalue weighted by molar-refractivity contribution is 0.1000. The van der Waals surface area contributed by atoms with Crippen LogP contribution in [0.4, 0.5) is 5.00 Å². The molecule has 0 saturated heterocycles. The predicted octanol–water partition coefficient (Wildman–Crippen LogP) is 4.06. The van der Waals surface area contributed by atoms with E-state index in [0.29, 0.717) is 21.9 Å². The van der Waals surface area contributed by atoms with E-state index < -0.39 is 5.91 Å². The van der Waals surface area contributed by atoms with Crippen molar-refractivity contribution in [2.75, 3.05) is 25.5 Å². The Bertz CT molecular complexity index is 1110. The minimum atomic E-state index is -0.506. The second-order valence-corrected chi connectivity index (χ2v) is 8.15. The minimum Gasteiger partial charge on any atom is -0.496 e. The third-order valence-corrected chi connectivity index (χ3v) is 6.50. The molecule has 1 aromatic heterocycles. The molecular weight excluding hydrogens is 422 g/mol. The SMILES string of the molecule is CCN1CCc2c(sc(NC(=O)c3cc4ccccc4cc3OC)c2C(N)=O)C1.Cl. The first-order valence-corrected chi connectivity index (χ1v) is 10.4. The maximum Gasteiger partial charge on any atom is 0.260 e. The quantitative estimate of drug-likeness (QED) is 0.620. The molecule has 0 radical (unpaired) electrons. The number of fused-ring (bicyclic) bond motifs is 2. The second-order valence-electron chi connectivity index (χ2n) is 7.04. The lowest BCUT2D eigenvalue weighted by Gasteiger charge is -2.25. The number of amides is 2. The summed E-state index contributed by atoms with van der Waals surface area (Å²) in [7, 11) is 1.54. The Morgan fingerprint density at radius 1 is 1.23 bits per heavy atom. The minimum absolute atomic E-state index is 0. The summed E-state index contributed by atoms with van der Waals surface area (Å²) < 4.78 is 5.44. The van der Waals surface area contributed by atoms with Crippen LogP contribution in [0.25, 0.3) is 10.8 Å². The van der Waals surface area contributed by atoms with Gasteiger partial charge in [-0.05, 0) is 41.4 Å². The number of hydrogen-bond acceptors (Lipinski definition) is 5. The standard InChI is InChI=1S/C22H23N3O3S.ClH/c1-3-25-9-8-15-18(12-25)29-22(19(15)20(23)26)24-21(27)16-10-13-6-4-5-7-14(13)11-17(16)28-2;/h4-7,10-11H,3,8-9,12H2,1-2H3,(H2,23,26)(H,24,27);1H. The molecule has 0 unspecified atom stereocenters. The third kappa shape index (κ3) is 4.01. The summed E-state index contributed by atoms with van der Waals surface area (Å²) >= 11 is 1.43. The van der Waals surface area contributed by atoms with E-state index in [9.17, 15) is 9.59 Å². The van der Waals surface area contributed by atoms with Gasteiger partial charge in [-0.25, -0.2) is 0 Å². The van der Waals surface area contributed by atoms with E-state index in [2.05, 4.69) is 17.1 Å². The van der Waals surface area contributed by atoms with Crippen LogP contribution in [-0.4, -0.2) is 36.9 Å². The lowest BCUT2D eigenvalue weighted by Crippen LogP contribution is -2.30. The number of nitrogens with two attached hydrogens (primary N) is 1. The van der Waals surface area contributed by atoms with Crippen LogP contribution in [0, 0.1) is 0 Å². The molecule has 2 aromatic carbocycles. The van der Waals surface area contributed by atoms with Gasteiger partial charge in [-0.2, -0.15) is 0 Å². The smallest absolute Gasteiger partial charge is 0.260 e. The van der Waals surface area contributed by atoms with E-state index in [1.807, 2.05) is 30.3 Å². The van der Waals surface area contributed by atoms with Crippen molar-refractivity contribution in [3.8, 4) is 5.75 Å². The fraction of sp³-hybridized carbons (Fsp3) is 0.273. The van der Waals surface area contributed by atoms with Crippen molar-refractivity contribution in [1.29, 1.82) is 0 Å². The van der Waals surface area contributed by atoms with E-state index in [-0.39, 0.29) is 18.3 Å². The summed E-state index contributed by atoms with van der Waals surface area (Å²) in [5.74, 6) is -0.338. The molecule has 6 nitrogen and oxygen atoms in total. The van der Waals surface area contributed by atoms with Crippen LogP contribution < -0.4 is 15.8 Å². The van der Waals surface area contributed by atoms with Gasteiger partial charge in [0, 0.05) is 18.0 Å².